The molecule has 0 spiro atoms. The van der Waals surface area contributed by atoms with Crippen LogP contribution in [-0.2, 0) is 0 Å². The van der Waals surface area contributed by atoms with Crippen LogP contribution in [0.3, 0.4) is 0 Å². The standard InChI is InChI=1S/C26H26F4/c1-2-3-4-5-6-23-24(27)17-20(18-25(23)28)8-7-19-9-11-21(12-10-19)22-13-15-26(29,30)16-14-22/h5-6,9-12,17-18,22H,2-4,13-16H2,1H3/b6-5+. The van der Waals surface area contributed by atoms with Crippen LogP contribution in [0.2, 0.25) is 0 Å². The molecule has 3 rings (SSSR count). The van der Waals surface area contributed by atoms with Crippen LogP contribution < -0.4 is 0 Å². The molecule has 2 aromatic rings. The number of hydrogen-bond donors (Lipinski definition) is 0. The zero-order valence-corrected chi connectivity index (χ0v) is 17.2. The number of rotatable bonds is 5. The van der Waals surface area contributed by atoms with Gasteiger partial charge in [-0.25, -0.2) is 17.6 Å². The molecule has 2 aromatic carbocycles. The molecule has 0 radical (unpaired) electrons. The lowest BCUT2D eigenvalue weighted by Crippen LogP contribution is -2.23. The third-order valence-corrected chi connectivity index (χ3v) is 5.54. The number of benzene rings is 2. The van der Waals surface area contributed by atoms with E-state index in [1.807, 2.05) is 24.3 Å². The zero-order valence-electron chi connectivity index (χ0n) is 17.2. The summed E-state index contributed by atoms with van der Waals surface area (Å²) in [5.41, 5.74) is 1.98. The number of allylic oxidation sites excluding steroid dienone is 1. The van der Waals surface area contributed by atoms with Crippen molar-refractivity contribution in [3.8, 4) is 11.8 Å². The maximum absolute atomic E-state index is 14.2. The van der Waals surface area contributed by atoms with Crippen molar-refractivity contribution in [2.45, 2.75) is 63.7 Å². The third-order valence-electron chi connectivity index (χ3n) is 5.54. The van der Waals surface area contributed by atoms with E-state index in [9.17, 15) is 17.6 Å². The molecule has 0 saturated heterocycles. The predicted octanol–water partition coefficient (Wildman–Crippen LogP) is 7.86. The summed E-state index contributed by atoms with van der Waals surface area (Å²) < 4.78 is 55.1. The van der Waals surface area contributed by atoms with E-state index in [4.69, 9.17) is 0 Å². The molecular weight excluding hydrogens is 388 g/mol. The monoisotopic (exact) mass is 414 g/mol. The highest BCUT2D eigenvalue weighted by atomic mass is 19.3. The number of halogens is 4. The van der Waals surface area contributed by atoms with Crippen LogP contribution >= 0.6 is 0 Å². The van der Waals surface area contributed by atoms with Crippen LogP contribution in [0.4, 0.5) is 17.6 Å². The number of hydrogen-bond acceptors (Lipinski definition) is 0. The summed E-state index contributed by atoms with van der Waals surface area (Å²) in [4.78, 5) is 0. The topological polar surface area (TPSA) is 0 Å². The fourth-order valence-electron chi connectivity index (χ4n) is 3.70. The van der Waals surface area contributed by atoms with Crippen LogP contribution in [0.1, 0.15) is 80.0 Å². The van der Waals surface area contributed by atoms with Crippen molar-refractivity contribution in [3.63, 3.8) is 0 Å². The molecule has 1 aliphatic carbocycles. The maximum atomic E-state index is 14.2. The van der Waals surface area contributed by atoms with Gasteiger partial charge >= 0.3 is 0 Å². The van der Waals surface area contributed by atoms with E-state index in [0.717, 1.165) is 24.8 Å². The van der Waals surface area contributed by atoms with Crippen molar-refractivity contribution in [2.75, 3.05) is 0 Å². The molecule has 0 N–H and O–H groups in total. The van der Waals surface area contributed by atoms with E-state index in [0.29, 0.717) is 18.4 Å². The molecule has 30 heavy (non-hydrogen) atoms. The van der Waals surface area contributed by atoms with Crippen molar-refractivity contribution in [2.24, 2.45) is 0 Å². The Kier molecular flexibility index (Phi) is 7.37. The molecule has 1 saturated carbocycles. The normalized spacial score (nSPS) is 16.4. The Morgan fingerprint density at radius 1 is 0.967 bits per heavy atom. The van der Waals surface area contributed by atoms with Crippen LogP contribution in [-0.4, -0.2) is 5.92 Å². The quantitative estimate of drug-likeness (QED) is 0.265. The zero-order chi connectivity index (χ0) is 21.6. The van der Waals surface area contributed by atoms with Crippen LogP contribution in [0.15, 0.2) is 42.5 Å². The molecule has 0 atom stereocenters. The minimum atomic E-state index is -2.53. The molecule has 1 fully saturated rings. The van der Waals surface area contributed by atoms with Gasteiger partial charge in [-0.05, 0) is 55.0 Å². The Morgan fingerprint density at radius 3 is 2.17 bits per heavy atom. The lowest BCUT2D eigenvalue weighted by Gasteiger charge is -2.28. The molecule has 0 heterocycles. The summed E-state index contributed by atoms with van der Waals surface area (Å²) in [6.07, 6.45) is 6.89. The molecule has 0 amide bonds. The molecule has 0 nitrogen and oxygen atoms in total. The average Bonchev–Trinajstić information content (AvgIpc) is 2.72. The van der Waals surface area contributed by atoms with E-state index in [-0.39, 0.29) is 29.9 Å². The van der Waals surface area contributed by atoms with Crippen LogP contribution in [0.5, 0.6) is 0 Å². The highest BCUT2D eigenvalue weighted by Gasteiger charge is 2.35. The Hall–Kier alpha value is -2.54. The van der Waals surface area contributed by atoms with Gasteiger partial charge in [0.15, 0.2) is 0 Å². The lowest BCUT2D eigenvalue weighted by molar-refractivity contribution is -0.0382. The number of alkyl halides is 2. The van der Waals surface area contributed by atoms with Crippen molar-refractivity contribution in [1.82, 2.24) is 0 Å². The minimum Gasteiger partial charge on any atom is -0.207 e. The molecule has 0 aliphatic heterocycles. The van der Waals surface area contributed by atoms with Crippen LogP contribution in [0, 0.1) is 23.5 Å². The molecule has 1 aliphatic rings. The first-order valence-corrected chi connectivity index (χ1v) is 10.5. The molecular formula is C26H26F4. The van der Waals surface area contributed by atoms with Crippen LogP contribution in [0.25, 0.3) is 6.08 Å². The van der Waals surface area contributed by atoms with Gasteiger partial charge < -0.3 is 0 Å². The fourth-order valence-corrected chi connectivity index (χ4v) is 3.70. The smallest absolute Gasteiger partial charge is 0.207 e. The summed E-state index contributed by atoms with van der Waals surface area (Å²) in [6, 6.07) is 9.95. The summed E-state index contributed by atoms with van der Waals surface area (Å²) in [7, 11) is 0. The van der Waals surface area contributed by atoms with Gasteiger partial charge in [-0.1, -0.05) is 55.9 Å². The minimum absolute atomic E-state index is 0.0425. The Labute approximate surface area is 176 Å². The summed E-state index contributed by atoms with van der Waals surface area (Å²) in [5.74, 6) is 2.07. The van der Waals surface area contributed by atoms with Gasteiger partial charge in [-0.2, -0.15) is 0 Å². The Morgan fingerprint density at radius 2 is 1.57 bits per heavy atom. The number of unbranched alkanes of at least 4 members (excludes halogenated alkanes) is 2. The second kappa shape index (κ2) is 9.98. The maximum Gasteiger partial charge on any atom is 0.248 e. The molecule has 4 heteroatoms. The van der Waals surface area contributed by atoms with E-state index in [1.165, 1.54) is 18.2 Å². The summed E-state index contributed by atoms with van der Waals surface area (Å²) in [5, 5.41) is 0. The van der Waals surface area contributed by atoms with Crippen molar-refractivity contribution in [3.05, 3.63) is 76.4 Å². The highest BCUT2D eigenvalue weighted by molar-refractivity contribution is 5.54. The average molecular weight is 414 g/mol. The lowest BCUT2D eigenvalue weighted by atomic mass is 9.82. The highest BCUT2D eigenvalue weighted by Crippen LogP contribution is 2.40. The SMILES string of the molecule is CCCC/C=C/c1c(F)cc(C#Cc2ccc(C3CCC(F)(F)CC3)cc2)cc1F. The third kappa shape index (κ3) is 5.98. The molecule has 0 unspecified atom stereocenters. The Bertz CT molecular complexity index is 912. The first kappa shape index (κ1) is 22.2. The summed E-state index contributed by atoms with van der Waals surface area (Å²) in [6.45, 7) is 2.06. The first-order valence-electron chi connectivity index (χ1n) is 10.5. The van der Waals surface area contributed by atoms with E-state index >= 15 is 0 Å². The van der Waals surface area contributed by atoms with Gasteiger partial charge in [0.25, 0.3) is 0 Å². The molecule has 0 bridgehead atoms. The van der Waals surface area contributed by atoms with Gasteiger partial charge in [-0.3, -0.25) is 0 Å². The molecule has 0 aromatic heterocycles. The van der Waals surface area contributed by atoms with Crippen molar-refractivity contribution < 1.29 is 17.6 Å². The van der Waals surface area contributed by atoms with Gasteiger partial charge in [0.05, 0.1) is 0 Å². The first-order chi connectivity index (χ1) is 14.4. The second-order valence-electron chi connectivity index (χ2n) is 7.90. The van der Waals surface area contributed by atoms with Gasteiger partial charge in [0.1, 0.15) is 11.6 Å². The predicted molar refractivity (Wildman–Crippen MR) is 113 cm³/mol. The largest absolute Gasteiger partial charge is 0.248 e. The van der Waals surface area contributed by atoms with E-state index in [2.05, 4.69) is 18.8 Å². The van der Waals surface area contributed by atoms with Gasteiger partial charge in [-0.15, -0.1) is 0 Å². The Balaban J connectivity index is 1.68. The fraction of sp³-hybridized carbons (Fsp3) is 0.385. The second-order valence-corrected chi connectivity index (χ2v) is 7.90. The van der Waals surface area contributed by atoms with Gasteiger partial charge in [0.2, 0.25) is 5.92 Å². The van der Waals surface area contributed by atoms with Gasteiger partial charge in [0, 0.05) is 29.5 Å². The van der Waals surface area contributed by atoms with E-state index < -0.39 is 17.6 Å². The van der Waals surface area contributed by atoms with E-state index in [1.54, 1.807) is 6.08 Å². The van der Waals surface area contributed by atoms with Crippen molar-refractivity contribution >= 4 is 6.08 Å². The summed E-state index contributed by atoms with van der Waals surface area (Å²) >= 11 is 0. The van der Waals surface area contributed by atoms with Crippen molar-refractivity contribution in [1.29, 1.82) is 0 Å². The molecule has 158 valence electrons.